The van der Waals surface area contributed by atoms with Gasteiger partial charge in [-0.05, 0) is 44.4 Å². The Bertz CT molecular complexity index is 315. The second-order valence-electron chi connectivity index (χ2n) is 6.49. The van der Waals surface area contributed by atoms with Gasteiger partial charge < -0.3 is 20.1 Å². The minimum atomic E-state index is 0.456. The third kappa shape index (κ3) is 8.56. The van der Waals surface area contributed by atoms with Gasteiger partial charge in [0.1, 0.15) is 0 Å². The van der Waals surface area contributed by atoms with E-state index in [-0.39, 0.29) is 0 Å². The molecule has 0 aromatic rings. The maximum atomic E-state index is 5.47. The molecular weight excluding hydrogens is 290 g/mol. The molecule has 136 valence electrons. The van der Waals surface area contributed by atoms with Crippen molar-refractivity contribution in [3.8, 4) is 0 Å². The van der Waals surface area contributed by atoms with E-state index in [9.17, 15) is 0 Å². The summed E-state index contributed by atoms with van der Waals surface area (Å²) in [6, 6.07) is 0. The highest BCUT2D eigenvalue weighted by Gasteiger charge is 2.31. The van der Waals surface area contributed by atoms with Crippen LogP contribution in [0.4, 0.5) is 0 Å². The number of hydrogen-bond acceptors (Lipinski definition) is 3. The highest BCUT2D eigenvalue weighted by molar-refractivity contribution is 5.79. The lowest BCUT2D eigenvalue weighted by Gasteiger charge is -2.25. The molecule has 0 heterocycles. The zero-order valence-corrected chi connectivity index (χ0v) is 15.5. The van der Waals surface area contributed by atoms with Gasteiger partial charge in [-0.1, -0.05) is 19.8 Å². The summed E-state index contributed by atoms with van der Waals surface area (Å²) in [7, 11) is 1.70. The summed E-state index contributed by atoms with van der Waals surface area (Å²) in [4.78, 5) is 4.84. The van der Waals surface area contributed by atoms with E-state index < -0.39 is 0 Å². The first-order chi connectivity index (χ1) is 11.3. The Morgan fingerprint density at radius 3 is 2.48 bits per heavy atom. The number of guanidine groups is 1. The van der Waals surface area contributed by atoms with Crippen molar-refractivity contribution < 1.29 is 9.47 Å². The summed E-state index contributed by atoms with van der Waals surface area (Å²) in [6.45, 7) is 9.40. The summed E-state index contributed by atoms with van der Waals surface area (Å²) >= 11 is 0. The second kappa shape index (κ2) is 12.6. The molecule has 0 saturated heterocycles. The van der Waals surface area contributed by atoms with E-state index in [2.05, 4.69) is 24.5 Å². The van der Waals surface area contributed by atoms with Gasteiger partial charge in [0, 0.05) is 33.4 Å². The van der Waals surface area contributed by atoms with Crippen LogP contribution < -0.4 is 10.6 Å². The van der Waals surface area contributed by atoms with E-state index in [0.717, 1.165) is 45.0 Å². The molecule has 1 rings (SSSR count). The van der Waals surface area contributed by atoms with Crippen LogP contribution in [0.3, 0.4) is 0 Å². The van der Waals surface area contributed by atoms with Gasteiger partial charge in [-0.3, -0.25) is 4.99 Å². The molecule has 0 unspecified atom stereocenters. The lowest BCUT2D eigenvalue weighted by atomic mass is 9.84. The fourth-order valence-corrected chi connectivity index (χ4v) is 3.12. The first kappa shape index (κ1) is 20.2. The molecule has 0 amide bonds. The Hall–Kier alpha value is -0.810. The van der Waals surface area contributed by atoms with Crippen molar-refractivity contribution in [1.29, 1.82) is 0 Å². The molecule has 1 fully saturated rings. The molecule has 0 aromatic heterocycles. The summed E-state index contributed by atoms with van der Waals surface area (Å²) in [5.74, 6) is 0.965. The molecule has 0 radical (unpaired) electrons. The predicted octanol–water partition coefficient (Wildman–Crippen LogP) is 2.96. The first-order valence-electron chi connectivity index (χ1n) is 9.35. The van der Waals surface area contributed by atoms with E-state index in [0.29, 0.717) is 18.6 Å². The van der Waals surface area contributed by atoms with E-state index in [1.807, 2.05) is 0 Å². The Morgan fingerprint density at radius 1 is 1.04 bits per heavy atom. The Kier molecular flexibility index (Phi) is 11.1. The molecule has 0 atom stereocenters. The molecule has 0 bridgehead atoms. The molecule has 0 aliphatic heterocycles. The average Bonchev–Trinajstić information content (AvgIpc) is 3.04. The Morgan fingerprint density at radius 2 is 1.83 bits per heavy atom. The third-order valence-electron chi connectivity index (χ3n) is 4.77. The molecule has 5 nitrogen and oxygen atoms in total. The number of rotatable bonds is 12. The fourth-order valence-electron chi connectivity index (χ4n) is 3.12. The molecular formula is C18H37N3O2. The highest BCUT2D eigenvalue weighted by atomic mass is 16.5. The number of unbranched alkanes of at least 4 members (excludes halogenated alkanes) is 1. The predicted molar refractivity (Wildman–Crippen MR) is 97.1 cm³/mol. The highest BCUT2D eigenvalue weighted by Crippen LogP contribution is 2.41. The SMILES string of the molecule is CCNC(=NCC1(CC)CCCC1)NCCCCOCCOC. The van der Waals surface area contributed by atoms with Crippen LogP contribution in [0.5, 0.6) is 0 Å². The standard InChI is InChI=1S/C18H37N3O2/c1-4-18(10-6-7-11-18)16-21-17(19-5-2)20-12-8-9-13-23-15-14-22-3/h4-16H2,1-3H3,(H2,19,20,21). The van der Waals surface area contributed by atoms with Crippen molar-refractivity contribution >= 4 is 5.96 Å². The molecule has 1 saturated carbocycles. The zero-order valence-electron chi connectivity index (χ0n) is 15.5. The van der Waals surface area contributed by atoms with Crippen LogP contribution in [-0.2, 0) is 9.47 Å². The van der Waals surface area contributed by atoms with Crippen LogP contribution in [0.1, 0.15) is 58.8 Å². The molecule has 23 heavy (non-hydrogen) atoms. The van der Waals surface area contributed by atoms with Crippen LogP contribution in [0.25, 0.3) is 0 Å². The van der Waals surface area contributed by atoms with Gasteiger partial charge in [-0.25, -0.2) is 0 Å². The number of nitrogens with one attached hydrogen (secondary N) is 2. The molecule has 5 heteroatoms. The number of hydrogen-bond donors (Lipinski definition) is 2. The van der Waals surface area contributed by atoms with Crippen LogP contribution in [0.2, 0.25) is 0 Å². The molecule has 2 N–H and O–H groups in total. The number of aliphatic imine (C=N–C) groups is 1. The minimum Gasteiger partial charge on any atom is -0.382 e. The lowest BCUT2D eigenvalue weighted by Crippen LogP contribution is -2.38. The maximum Gasteiger partial charge on any atom is 0.191 e. The van der Waals surface area contributed by atoms with Crippen molar-refractivity contribution in [2.45, 2.75) is 58.8 Å². The Balaban J connectivity index is 2.22. The molecule has 0 spiro atoms. The summed E-state index contributed by atoms with van der Waals surface area (Å²) < 4.78 is 10.4. The van der Waals surface area contributed by atoms with E-state index in [4.69, 9.17) is 14.5 Å². The van der Waals surface area contributed by atoms with Gasteiger partial charge in [0.25, 0.3) is 0 Å². The smallest absolute Gasteiger partial charge is 0.191 e. The van der Waals surface area contributed by atoms with Crippen LogP contribution in [-0.4, -0.2) is 52.5 Å². The zero-order chi connectivity index (χ0) is 16.8. The van der Waals surface area contributed by atoms with Gasteiger partial charge in [-0.15, -0.1) is 0 Å². The second-order valence-corrected chi connectivity index (χ2v) is 6.49. The lowest BCUT2D eigenvalue weighted by molar-refractivity contribution is 0.0689. The summed E-state index contributed by atoms with van der Waals surface area (Å²) in [5.41, 5.74) is 0.456. The largest absolute Gasteiger partial charge is 0.382 e. The van der Waals surface area contributed by atoms with Crippen LogP contribution >= 0.6 is 0 Å². The summed E-state index contributed by atoms with van der Waals surface area (Å²) in [6.07, 6.45) is 8.82. The van der Waals surface area contributed by atoms with Gasteiger partial charge in [0.05, 0.1) is 13.2 Å². The number of ether oxygens (including phenoxy) is 2. The van der Waals surface area contributed by atoms with Crippen LogP contribution in [0, 0.1) is 5.41 Å². The van der Waals surface area contributed by atoms with Gasteiger partial charge in [0.2, 0.25) is 0 Å². The summed E-state index contributed by atoms with van der Waals surface area (Å²) in [5, 5.41) is 6.80. The van der Waals surface area contributed by atoms with Crippen molar-refractivity contribution in [1.82, 2.24) is 10.6 Å². The topological polar surface area (TPSA) is 54.9 Å². The minimum absolute atomic E-state index is 0.456. The van der Waals surface area contributed by atoms with E-state index >= 15 is 0 Å². The maximum absolute atomic E-state index is 5.47. The van der Waals surface area contributed by atoms with Gasteiger partial charge >= 0.3 is 0 Å². The van der Waals surface area contributed by atoms with Crippen molar-refractivity contribution in [2.75, 3.05) is 46.6 Å². The van der Waals surface area contributed by atoms with Gasteiger partial charge in [0.15, 0.2) is 5.96 Å². The first-order valence-corrected chi connectivity index (χ1v) is 9.35. The van der Waals surface area contributed by atoms with Crippen LogP contribution in [0.15, 0.2) is 4.99 Å². The number of methoxy groups -OCH3 is 1. The third-order valence-corrected chi connectivity index (χ3v) is 4.77. The Labute approximate surface area is 142 Å². The monoisotopic (exact) mass is 327 g/mol. The molecule has 1 aliphatic rings. The average molecular weight is 328 g/mol. The van der Waals surface area contributed by atoms with E-state index in [1.165, 1.54) is 32.1 Å². The fraction of sp³-hybridized carbons (Fsp3) is 0.944. The van der Waals surface area contributed by atoms with Crippen molar-refractivity contribution in [2.24, 2.45) is 10.4 Å². The number of nitrogens with zero attached hydrogens (tertiary/aromatic N) is 1. The quantitative estimate of drug-likeness (QED) is 0.329. The molecule has 1 aliphatic carbocycles. The van der Waals surface area contributed by atoms with Crippen molar-refractivity contribution in [3.63, 3.8) is 0 Å². The van der Waals surface area contributed by atoms with E-state index in [1.54, 1.807) is 7.11 Å². The molecule has 0 aromatic carbocycles. The van der Waals surface area contributed by atoms with Crippen molar-refractivity contribution in [3.05, 3.63) is 0 Å². The van der Waals surface area contributed by atoms with Gasteiger partial charge in [-0.2, -0.15) is 0 Å². The normalized spacial score (nSPS) is 17.4.